The second-order valence-electron chi connectivity index (χ2n) is 9.47. The maximum atomic E-state index is 6.41. The van der Waals surface area contributed by atoms with E-state index in [0.29, 0.717) is 5.89 Å². The van der Waals surface area contributed by atoms with Crippen LogP contribution in [0.5, 0.6) is 0 Å². The Morgan fingerprint density at radius 3 is 2.32 bits per heavy atom. The number of fused-ring (bicyclic) bond motifs is 6. The summed E-state index contributed by atoms with van der Waals surface area (Å²) in [6.45, 7) is 0. The van der Waals surface area contributed by atoms with E-state index in [9.17, 15) is 0 Å². The molecular weight excluding hydrogens is 466 g/mol. The highest BCUT2D eigenvalue weighted by Gasteiger charge is 2.19. The Kier molecular flexibility index (Phi) is 4.49. The minimum atomic E-state index is 0.637. The minimum absolute atomic E-state index is 0.637. The third kappa shape index (κ3) is 3.10. The number of pyridine rings is 1. The lowest BCUT2D eigenvalue weighted by Gasteiger charge is -2.10. The van der Waals surface area contributed by atoms with Crippen LogP contribution in [0, 0.1) is 0 Å². The lowest BCUT2D eigenvalue weighted by atomic mass is 10.0. The minimum Gasteiger partial charge on any atom is -0.435 e. The van der Waals surface area contributed by atoms with Gasteiger partial charge in [0, 0.05) is 33.8 Å². The number of oxazole rings is 1. The summed E-state index contributed by atoms with van der Waals surface area (Å²) in [6.07, 6.45) is 1.85. The van der Waals surface area contributed by atoms with Gasteiger partial charge in [0.15, 0.2) is 5.58 Å². The summed E-state index contributed by atoms with van der Waals surface area (Å²) in [7, 11) is 0. The SMILES string of the molecule is c1ccc(-c2nc3ccc4c(c5ccccc5n4-c4ccc(-c5cccc6cccnc56)cc4)c3o2)cc1. The average Bonchev–Trinajstić information content (AvgIpc) is 3.57. The van der Waals surface area contributed by atoms with Gasteiger partial charge < -0.3 is 8.98 Å². The maximum absolute atomic E-state index is 6.41. The molecule has 0 N–H and O–H groups in total. The molecule has 0 atom stereocenters. The van der Waals surface area contributed by atoms with Crippen LogP contribution in [0.3, 0.4) is 0 Å². The Hall–Kier alpha value is -5.22. The summed E-state index contributed by atoms with van der Waals surface area (Å²) in [5, 5.41) is 3.36. The van der Waals surface area contributed by atoms with Gasteiger partial charge in [0.05, 0.1) is 21.9 Å². The normalized spacial score (nSPS) is 11.7. The largest absolute Gasteiger partial charge is 0.435 e. The molecule has 0 saturated heterocycles. The molecule has 5 aromatic carbocycles. The first-order chi connectivity index (χ1) is 18.8. The third-order valence-corrected chi connectivity index (χ3v) is 7.28. The summed E-state index contributed by atoms with van der Waals surface area (Å²) in [5.41, 5.74) is 9.25. The molecular formula is C34H21N3O. The van der Waals surface area contributed by atoms with Crippen molar-refractivity contribution in [1.29, 1.82) is 0 Å². The molecule has 0 amide bonds. The van der Waals surface area contributed by atoms with Crippen molar-refractivity contribution in [2.24, 2.45) is 0 Å². The predicted octanol–water partition coefficient (Wildman–Crippen LogP) is 8.81. The molecule has 4 nitrogen and oxygen atoms in total. The van der Waals surface area contributed by atoms with Gasteiger partial charge in [-0.3, -0.25) is 4.98 Å². The molecule has 0 fully saturated rings. The first-order valence-corrected chi connectivity index (χ1v) is 12.7. The molecule has 0 unspecified atom stereocenters. The first kappa shape index (κ1) is 20.9. The quantitative estimate of drug-likeness (QED) is 0.250. The van der Waals surface area contributed by atoms with E-state index in [1.165, 1.54) is 0 Å². The molecule has 0 aliphatic carbocycles. The monoisotopic (exact) mass is 487 g/mol. The number of para-hydroxylation sites is 2. The fourth-order valence-electron chi connectivity index (χ4n) is 5.55. The zero-order valence-electron chi connectivity index (χ0n) is 20.4. The molecule has 0 radical (unpaired) electrons. The molecule has 8 rings (SSSR count). The Bertz CT molecular complexity index is 2110. The van der Waals surface area contributed by atoms with Gasteiger partial charge in [-0.05, 0) is 54.1 Å². The third-order valence-electron chi connectivity index (χ3n) is 7.28. The highest BCUT2D eigenvalue weighted by Crippen LogP contribution is 2.38. The van der Waals surface area contributed by atoms with Crippen LogP contribution < -0.4 is 0 Å². The molecule has 0 aliphatic heterocycles. The zero-order valence-corrected chi connectivity index (χ0v) is 20.4. The smallest absolute Gasteiger partial charge is 0.227 e. The van der Waals surface area contributed by atoms with Crippen molar-refractivity contribution in [3.63, 3.8) is 0 Å². The molecule has 8 aromatic rings. The molecule has 0 spiro atoms. The van der Waals surface area contributed by atoms with E-state index >= 15 is 0 Å². The van der Waals surface area contributed by atoms with Gasteiger partial charge in [0.25, 0.3) is 0 Å². The van der Waals surface area contributed by atoms with E-state index < -0.39 is 0 Å². The molecule has 38 heavy (non-hydrogen) atoms. The van der Waals surface area contributed by atoms with Crippen LogP contribution in [0.1, 0.15) is 0 Å². The highest BCUT2D eigenvalue weighted by atomic mass is 16.3. The summed E-state index contributed by atoms with van der Waals surface area (Å²) in [6, 6.07) is 41.9. The summed E-state index contributed by atoms with van der Waals surface area (Å²) in [4.78, 5) is 9.45. The number of hydrogen-bond acceptors (Lipinski definition) is 3. The number of nitrogens with zero attached hydrogens (tertiary/aromatic N) is 3. The van der Waals surface area contributed by atoms with Crippen LogP contribution in [0.25, 0.3) is 72.1 Å². The van der Waals surface area contributed by atoms with Gasteiger partial charge in [0.1, 0.15) is 5.52 Å². The van der Waals surface area contributed by atoms with Crippen LogP contribution in [-0.2, 0) is 0 Å². The molecule has 0 aliphatic rings. The van der Waals surface area contributed by atoms with Crippen molar-refractivity contribution in [3.8, 4) is 28.3 Å². The Morgan fingerprint density at radius 2 is 1.42 bits per heavy atom. The first-order valence-electron chi connectivity index (χ1n) is 12.7. The van der Waals surface area contributed by atoms with Gasteiger partial charge in [-0.15, -0.1) is 0 Å². The molecule has 4 heteroatoms. The van der Waals surface area contributed by atoms with Crippen LogP contribution in [-0.4, -0.2) is 14.5 Å². The van der Waals surface area contributed by atoms with Crippen molar-refractivity contribution < 1.29 is 4.42 Å². The molecule has 178 valence electrons. The van der Waals surface area contributed by atoms with Crippen molar-refractivity contribution in [1.82, 2.24) is 14.5 Å². The number of rotatable bonds is 3. The second kappa shape index (κ2) is 8.15. The van der Waals surface area contributed by atoms with Gasteiger partial charge >= 0.3 is 0 Å². The second-order valence-corrected chi connectivity index (χ2v) is 9.47. The standard InChI is InChI=1S/C34H21N3O/c1-2-8-24(9-3-1)34-36-28-19-20-30-31(33(28)38-34)27-12-4-5-14-29(27)37(30)25-17-15-22(16-18-25)26-13-6-10-23-11-7-21-35-32(23)26/h1-21H. The van der Waals surface area contributed by atoms with E-state index in [2.05, 4.69) is 94.5 Å². The predicted molar refractivity (Wildman–Crippen MR) is 155 cm³/mol. The lowest BCUT2D eigenvalue weighted by molar-refractivity contribution is 0.623. The van der Waals surface area contributed by atoms with Crippen molar-refractivity contribution in [2.75, 3.05) is 0 Å². The van der Waals surface area contributed by atoms with E-state index in [4.69, 9.17) is 9.40 Å². The van der Waals surface area contributed by atoms with Gasteiger partial charge in [-0.25, -0.2) is 4.98 Å². The van der Waals surface area contributed by atoms with Crippen LogP contribution >= 0.6 is 0 Å². The fourth-order valence-corrected chi connectivity index (χ4v) is 5.55. The molecule has 3 heterocycles. The van der Waals surface area contributed by atoms with Crippen molar-refractivity contribution in [2.45, 2.75) is 0 Å². The Morgan fingerprint density at radius 1 is 0.605 bits per heavy atom. The van der Waals surface area contributed by atoms with Crippen molar-refractivity contribution >= 4 is 43.8 Å². The van der Waals surface area contributed by atoms with Crippen LogP contribution in [0.4, 0.5) is 0 Å². The molecule has 3 aromatic heterocycles. The van der Waals surface area contributed by atoms with E-state index in [1.807, 2.05) is 42.6 Å². The fraction of sp³-hybridized carbons (Fsp3) is 0. The number of hydrogen-bond donors (Lipinski definition) is 0. The number of benzene rings is 5. The van der Waals surface area contributed by atoms with Crippen molar-refractivity contribution in [3.05, 3.63) is 128 Å². The zero-order chi connectivity index (χ0) is 25.1. The van der Waals surface area contributed by atoms with Crippen LogP contribution in [0.2, 0.25) is 0 Å². The van der Waals surface area contributed by atoms with E-state index in [0.717, 1.165) is 66.2 Å². The topological polar surface area (TPSA) is 43.9 Å². The summed E-state index contributed by atoms with van der Waals surface area (Å²) >= 11 is 0. The summed E-state index contributed by atoms with van der Waals surface area (Å²) in [5.74, 6) is 0.637. The van der Waals surface area contributed by atoms with Gasteiger partial charge in [-0.2, -0.15) is 0 Å². The maximum Gasteiger partial charge on any atom is 0.227 e. The molecule has 0 bridgehead atoms. The van der Waals surface area contributed by atoms with Crippen LogP contribution in [0.15, 0.2) is 132 Å². The van der Waals surface area contributed by atoms with E-state index in [1.54, 1.807) is 0 Å². The highest BCUT2D eigenvalue weighted by molar-refractivity contribution is 6.19. The Labute approximate surface area is 218 Å². The Balaban J connectivity index is 1.33. The lowest BCUT2D eigenvalue weighted by Crippen LogP contribution is -1.94. The average molecular weight is 488 g/mol. The van der Waals surface area contributed by atoms with Gasteiger partial charge in [-0.1, -0.05) is 72.8 Å². The molecule has 0 saturated carbocycles. The number of aromatic nitrogens is 3. The van der Waals surface area contributed by atoms with E-state index in [-0.39, 0.29) is 0 Å². The summed E-state index contributed by atoms with van der Waals surface area (Å²) < 4.78 is 8.72. The van der Waals surface area contributed by atoms with Gasteiger partial charge in [0.2, 0.25) is 5.89 Å².